The van der Waals surface area contributed by atoms with Crippen LogP contribution in [-0.2, 0) is 7.05 Å². The predicted molar refractivity (Wildman–Crippen MR) is 94.2 cm³/mol. The summed E-state index contributed by atoms with van der Waals surface area (Å²) in [6, 6.07) is 2.99. The van der Waals surface area contributed by atoms with Gasteiger partial charge < -0.3 is 5.32 Å². The summed E-state index contributed by atoms with van der Waals surface area (Å²) in [5.74, 6) is -7.76. The highest BCUT2D eigenvalue weighted by Gasteiger charge is 2.23. The van der Waals surface area contributed by atoms with Crippen LogP contribution in [0.25, 0.3) is 16.9 Å². The number of nitrogens with zero attached hydrogens (tertiary/aromatic N) is 5. The van der Waals surface area contributed by atoms with Crippen molar-refractivity contribution in [3.63, 3.8) is 0 Å². The first-order valence-corrected chi connectivity index (χ1v) is 8.26. The van der Waals surface area contributed by atoms with Crippen LogP contribution in [0.3, 0.4) is 0 Å². The van der Waals surface area contributed by atoms with E-state index in [0.717, 1.165) is 11.3 Å². The molecule has 4 rings (SSSR count). The normalized spacial score (nSPS) is 11.2. The number of hydrogen-bond donors (Lipinski definition) is 1. The number of amides is 1. The molecule has 11 heteroatoms. The van der Waals surface area contributed by atoms with Crippen LogP contribution < -0.4 is 5.32 Å². The molecule has 0 aliphatic rings. The second-order valence-corrected chi connectivity index (χ2v) is 6.19. The number of fused-ring (bicyclic) bond motifs is 1. The SMILES string of the molecule is Cc1c(-c2ccnc3cc(C(=O)Nc4c(F)c(F)cc(F)c4F)nn23)cnn1C. The maximum atomic E-state index is 13.8. The summed E-state index contributed by atoms with van der Waals surface area (Å²) < 4.78 is 57.3. The van der Waals surface area contributed by atoms with Crippen LogP contribution in [0, 0.1) is 30.2 Å². The van der Waals surface area contributed by atoms with E-state index in [1.54, 1.807) is 24.0 Å². The van der Waals surface area contributed by atoms with E-state index in [1.807, 2.05) is 12.2 Å². The minimum atomic E-state index is -1.72. The quantitative estimate of drug-likeness (QED) is 0.420. The fraction of sp³-hybridized carbons (Fsp3) is 0.111. The van der Waals surface area contributed by atoms with Gasteiger partial charge in [0.05, 0.1) is 11.9 Å². The summed E-state index contributed by atoms with van der Waals surface area (Å²) in [5.41, 5.74) is 0.935. The Hall–Kier alpha value is -3.76. The summed E-state index contributed by atoms with van der Waals surface area (Å²) in [6.07, 6.45) is 3.12. The summed E-state index contributed by atoms with van der Waals surface area (Å²) in [4.78, 5) is 16.5. The van der Waals surface area contributed by atoms with Crippen molar-refractivity contribution < 1.29 is 22.4 Å². The van der Waals surface area contributed by atoms with Crippen molar-refractivity contribution in [1.29, 1.82) is 0 Å². The van der Waals surface area contributed by atoms with Gasteiger partial charge >= 0.3 is 0 Å². The average molecular weight is 404 g/mol. The van der Waals surface area contributed by atoms with Crippen molar-refractivity contribution in [2.45, 2.75) is 6.92 Å². The molecule has 0 fully saturated rings. The van der Waals surface area contributed by atoms with E-state index in [4.69, 9.17) is 0 Å². The van der Waals surface area contributed by atoms with E-state index < -0.39 is 34.9 Å². The zero-order valence-corrected chi connectivity index (χ0v) is 15.0. The standard InChI is InChI=1S/C18H12F4N6O/c1-8-9(7-24-27(8)2)13-3-4-23-14-6-12(26-28(13)14)18(29)25-17-15(21)10(19)5-11(20)16(17)22/h3-7H,1-2H3,(H,25,29). The van der Waals surface area contributed by atoms with Crippen LogP contribution in [0.4, 0.5) is 23.2 Å². The number of anilines is 1. The second-order valence-electron chi connectivity index (χ2n) is 6.19. The molecule has 3 heterocycles. The summed E-state index contributed by atoms with van der Waals surface area (Å²) >= 11 is 0. The van der Waals surface area contributed by atoms with Gasteiger partial charge in [-0.2, -0.15) is 10.2 Å². The highest BCUT2D eigenvalue weighted by atomic mass is 19.2. The first-order valence-electron chi connectivity index (χ1n) is 8.26. The van der Waals surface area contributed by atoms with Gasteiger partial charge in [0.2, 0.25) is 0 Å². The van der Waals surface area contributed by atoms with Crippen LogP contribution in [0.5, 0.6) is 0 Å². The third-order valence-electron chi connectivity index (χ3n) is 4.45. The summed E-state index contributed by atoms with van der Waals surface area (Å²) in [6.45, 7) is 1.84. The maximum Gasteiger partial charge on any atom is 0.276 e. The molecule has 1 amide bonds. The Bertz CT molecular complexity index is 1250. The van der Waals surface area contributed by atoms with Gasteiger partial charge in [-0.05, 0) is 13.0 Å². The number of aryl methyl sites for hydroxylation is 1. The van der Waals surface area contributed by atoms with Crippen LogP contribution in [0.2, 0.25) is 0 Å². The minimum Gasteiger partial charge on any atom is -0.315 e. The Morgan fingerprint density at radius 3 is 2.41 bits per heavy atom. The van der Waals surface area contributed by atoms with E-state index in [2.05, 4.69) is 15.2 Å². The van der Waals surface area contributed by atoms with Gasteiger partial charge in [-0.25, -0.2) is 27.1 Å². The van der Waals surface area contributed by atoms with Crippen LogP contribution in [-0.4, -0.2) is 30.3 Å². The van der Waals surface area contributed by atoms with Crippen molar-refractivity contribution in [2.24, 2.45) is 7.05 Å². The molecule has 3 aromatic heterocycles. The monoisotopic (exact) mass is 404 g/mol. The predicted octanol–water partition coefficient (Wildman–Crippen LogP) is 3.25. The van der Waals surface area contributed by atoms with Gasteiger partial charge in [0.15, 0.2) is 34.6 Å². The third kappa shape index (κ3) is 3.00. The van der Waals surface area contributed by atoms with Gasteiger partial charge in [0.25, 0.3) is 5.91 Å². The average Bonchev–Trinajstić information content (AvgIpc) is 3.27. The highest BCUT2D eigenvalue weighted by Crippen LogP contribution is 2.26. The molecule has 148 valence electrons. The molecule has 0 atom stereocenters. The molecule has 0 spiro atoms. The van der Waals surface area contributed by atoms with E-state index in [9.17, 15) is 22.4 Å². The van der Waals surface area contributed by atoms with E-state index in [-0.39, 0.29) is 17.4 Å². The Balaban J connectivity index is 1.76. The van der Waals surface area contributed by atoms with Crippen LogP contribution in [0.15, 0.2) is 30.6 Å². The molecule has 0 saturated carbocycles. The summed E-state index contributed by atoms with van der Waals surface area (Å²) in [7, 11) is 1.76. The van der Waals surface area contributed by atoms with Crippen molar-refractivity contribution in [1.82, 2.24) is 24.4 Å². The molecule has 0 aliphatic heterocycles. The van der Waals surface area contributed by atoms with Crippen molar-refractivity contribution in [3.8, 4) is 11.3 Å². The number of hydrogen-bond acceptors (Lipinski definition) is 4. The molecular formula is C18H12F4N6O. The van der Waals surface area contributed by atoms with Crippen molar-refractivity contribution >= 4 is 17.2 Å². The third-order valence-corrected chi connectivity index (χ3v) is 4.45. The van der Waals surface area contributed by atoms with Gasteiger partial charge in [0.1, 0.15) is 5.69 Å². The number of carbonyl (C=O) groups excluding carboxylic acids is 1. The van der Waals surface area contributed by atoms with Gasteiger partial charge in [0, 0.05) is 36.6 Å². The van der Waals surface area contributed by atoms with E-state index in [1.165, 1.54) is 16.8 Å². The van der Waals surface area contributed by atoms with Gasteiger partial charge in [-0.1, -0.05) is 0 Å². The number of halogens is 4. The smallest absolute Gasteiger partial charge is 0.276 e. The van der Waals surface area contributed by atoms with Crippen molar-refractivity contribution in [3.05, 3.63) is 65.2 Å². The Morgan fingerprint density at radius 2 is 1.79 bits per heavy atom. The van der Waals surface area contributed by atoms with Gasteiger partial charge in [-0.3, -0.25) is 9.48 Å². The van der Waals surface area contributed by atoms with E-state index >= 15 is 0 Å². The molecular weight excluding hydrogens is 392 g/mol. The number of rotatable bonds is 3. The lowest BCUT2D eigenvalue weighted by atomic mass is 10.2. The number of carbonyl (C=O) groups is 1. The molecule has 0 aliphatic carbocycles. The molecule has 0 unspecified atom stereocenters. The molecule has 1 aromatic carbocycles. The fourth-order valence-electron chi connectivity index (χ4n) is 2.82. The number of benzene rings is 1. The van der Waals surface area contributed by atoms with Crippen LogP contribution in [0.1, 0.15) is 16.2 Å². The largest absolute Gasteiger partial charge is 0.315 e. The van der Waals surface area contributed by atoms with E-state index in [0.29, 0.717) is 5.69 Å². The maximum absolute atomic E-state index is 13.8. The Labute approximate surface area is 160 Å². The molecule has 29 heavy (non-hydrogen) atoms. The summed E-state index contributed by atoms with van der Waals surface area (Å²) in [5, 5.41) is 10.1. The lowest BCUT2D eigenvalue weighted by molar-refractivity contribution is 0.102. The number of nitrogens with one attached hydrogen (secondary N) is 1. The second kappa shape index (κ2) is 6.69. The molecule has 0 radical (unpaired) electrons. The van der Waals surface area contributed by atoms with Gasteiger partial charge in [-0.15, -0.1) is 0 Å². The molecule has 0 bridgehead atoms. The number of aromatic nitrogens is 5. The van der Waals surface area contributed by atoms with Crippen molar-refractivity contribution in [2.75, 3.05) is 5.32 Å². The first-order chi connectivity index (χ1) is 13.8. The zero-order valence-electron chi connectivity index (χ0n) is 15.0. The molecule has 1 N–H and O–H groups in total. The van der Waals surface area contributed by atoms with Crippen LogP contribution >= 0.6 is 0 Å². The fourth-order valence-corrected chi connectivity index (χ4v) is 2.82. The topological polar surface area (TPSA) is 77.1 Å². The highest BCUT2D eigenvalue weighted by molar-refractivity contribution is 6.03. The molecule has 0 saturated heterocycles. The Kier molecular flexibility index (Phi) is 4.29. The zero-order chi connectivity index (χ0) is 20.9. The lowest BCUT2D eigenvalue weighted by Crippen LogP contribution is -2.16. The molecule has 4 aromatic rings. The first kappa shape index (κ1) is 18.6. The minimum absolute atomic E-state index is 0.0532. The molecule has 7 nitrogen and oxygen atoms in total. The Morgan fingerprint density at radius 1 is 1.10 bits per heavy atom. The lowest BCUT2D eigenvalue weighted by Gasteiger charge is -2.07.